The number of carbonyl (C=O) groups excluding carboxylic acids is 4. The van der Waals surface area contributed by atoms with Crippen LogP contribution in [0.3, 0.4) is 0 Å². The van der Waals surface area contributed by atoms with E-state index in [-0.39, 0.29) is 6.61 Å². The van der Waals surface area contributed by atoms with Crippen LogP contribution in [0.1, 0.15) is 46.1 Å². The summed E-state index contributed by atoms with van der Waals surface area (Å²) in [5.74, 6) is -2.42. The number of hydrogen-bond acceptors (Lipinski definition) is 9. The van der Waals surface area contributed by atoms with Gasteiger partial charge < -0.3 is 23.7 Å². The lowest BCUT2D eigenvalue weighted by molar-refractivity contribution is -0.253. The van der Waals surface area contributed by atoms with Crippen LogP contribution in [0.15, 0.2) is 30.3 Å². The van der Waals surface area contributed by atoms with Crippen molar-refractivity contribution in [2.45, 2.75) is 77.5 Å². The molecule has 0 N–H and O–H groups in total. The smallest absolute Gasteiger partial charge is 0.303 e. The summed E-state index contributed by atoms with van der Waals surface area (Å²) in [7, 11) is 0. The number of rotatable bonds is 9. The summed E-state index contributed by atoms with van der Waals surface area (Å²) < 4.78 is 27.4. The van der Waals surface area contributed by atoms with E-state index in [9.17, 15) is 19.2 Å². The van der Waals surface area contributed by atoms with Gasteiger partial charge in [-0.2, -0.15) is 0 Å². The fourth-order valence-electron chi connectivity index (χ4n) is 3.70. The van der Waals surface area contributed by atoms with E-state index in [0.29, 0.717) is 12.8 Å². The van der Waals surface area contributed by atoms with Crippen LogP contribution in [0.2, 0.25) is 0 Å². The van der Waals surface area contributed by atoms with Gasteiger partial charge in [-0.15, -0.1) is 0 Å². The van der Waals surface area contributed by atoms with Crippen molar-refractivity contribution in [2.24, 2.45) is 0 Å². The lowest BCUT2D eigenvalue weighted by Crippen LogP contribution is -2.62. The average Bonchev–Trinajstić information content (AvgIpc) is 2.70. The third kappa shape index (κ3) is 7.96. The molecule has 0 spiro atoms. The minimum atomic E-state index is -1.12. The molecule has 9 heteroatoms. The summed E-state index contributed by atoms with van der Waals surface area (Å²) >= 11 is 0. The largest absolute Gasteiger partial charge is 0.463 e. The number of carbonyl (C=O) groups is 4. The molecule has 0 radical (unpaired) electrons. The van der Waals surface area contributed by atoms with Gasteiger partial charge in [0.25, 0.3) is 0 Å². The average molecular weight is 450 g/mol. The third-order valence-electron chi connectivity index (χ3n) is 4.88. The summed E-state index contributed by atoms with van der Waals surface area (Å²) in [6.45, 7) is 4.66. The quantitative estimate of drug-likeness (QED) is 0.412. The predicted molar refractivity (Wildman–Crippen MR) is 111 cm³/mol. The molecule has 0 aromatic heterocycles. The first-order valence-electron chi connectivity index (χ1n) is 10.5. The highest BCUT2D eigenvalue weighted by Gasteiger charge is 2.51. The van der Waals surface area contributed by atoms with Crippen LogP contribution < -0.4 is 0 Å². The van der Waals surface area contributed by atoms with Gasteiger partial charge in [-0.3, -0.25) is 19.2 Å². The SMILES string of the molecule is CC(=O)OC[C@H]1O[C@H](CCCc2ccccc2)[C@H](OC(C)=O)[C@@H](OC(C)=O)[C@H]1OC(C)=O. The summed E-state index contributed by atoms with van der Waals surface area (Å²) in [6.07, 6.45) is -2.88. The molecule has 2 rings (SSSR count). The van der Waals surface area contributed by atoms with Crippen LogP contribution in [0.25, 0.3) is 0 Å². The second-order valence-electron chi connectivity index (χ2n) is 7.62. The van der Waals surface area contributed by atoms with Gasteiger partial charge in [0.05, 0.1) is 6.10 Å². The highest BCUT2D eigenvalue weighted by molar-refractivity contribution is 5.68. The van der Waals surface area contributed by atoms with Gasteiger partial charge in [0, 0.05) is 27.7 Å². The molecule has 1 heterocycles. The van der Waals surface area contributed by atoms with Crippen molar-refractivity contribution in [3.8, 4) is 0 Å². The van der Waals surface area contributed by atoms with Crippen molar-refractivity contribution in [2.75, 3.05) is 6.61 Å². The molecule has 1 aromatic carbocycles. The zero-order chi connectivity index (χ0) is 23.7. The maximum atomic E-state index is 11.8. The molecule has 1 fully saturated rings. The number of benzene rings is 1. The molecule has 9 nitrogen and oxygen atoms in total. The Labute approximate surface area is 187 Å². The molecule has 0 unspecified atom stereocenters. The fourth-order valence-corrected chi connectivity index (χ4v) is 3.70. The highest BCUT2D eigenvalue weighted by atomic mass is 16.7. The first kappa shape index (κ1) is 25.3. The number of esters is 4. The maximum Gasteiger partial charge on any atom is 0.303 e. The minimum absolute atomic E-state index is 0.215. The Bertz CT molecular complexity index is 792. The standard InChI is InChI=1S/C23H30O9/c1-14(24)28-13-20-22(30-16(3)26)23(31-17(4)27)21(29-15(2)25)19(32-20)12-8-11-18-9-6-5-7-10-18/h5-7,9-10,19-23H,8,11-13H2,1-4H3/t19-,20-,21+,22+,23-/m1/s1. The molecular formula is C23H30O9. The molecule has 0 bridgehead atoms. The first-order chi connectivity index (χ1) is 15.2. The lowest BCUT2D eigenvalue weighted by atomic mass is 9.91. The van der Waals surface area contributed by atoms with Crippen molar-refractivity contribution in [3.63, 3.8) is 0 Å². The van der Waals surface area contributed by atoms with E-state index in [1.807, 2.05) is 30.3 Å². The van der Waals surface area contributed by atoms with E-state index >= 15 is 0 Å². The van der Waals surface area contributed by atoms with Crippen LogP contribution in [0.4, 0.5) is 0 Å². The zero-order valence-electron chi connectivity index (χ0n) is 18.8. The molecule has 32 heavy (non-hydrogen) atoms. The Balaban J connectivity index is 2.28. The Hall–Kier alpha value is -2.94. The van der Waals surface area contributed by atoms with Gasteiger partial charge in [0.2, 0.25) is 0 Å². The maximum absolute atomic E-state index is 11.8. The van der Waals surface area contributed by atoms with Gasteiger partial charge in [-0.1, -0.05) is 30.3 Å². The Morgan fingerprint density at radius 2 is 1.28 bits per heavy atom. The van der Waals surface area contributed by atoms with Crippen LogP contribution in [0.5, 0.6) is 0 Å². The van der Waals surface area contributed by atoms with Crippen molar-refractivity contribution in [3.05, 3.63) is 35.9 Å². The number of ether oxygens (including phenoxy) is 5. The number of aryl methyl sites for hydroxylation is 1. The van der Waals surface area contributed by atoms with E-state index in [0.717, 1.165) is 12.0 Å². The monoisotopic (exact) mass is 450 g/mol. The Kier molecular flexibility index (Phi) is 9.64. The predicted octanol–water partition coefficient (Wildman–Crippen LogP) is 2.13. The van der Waals surface area contributed by atoms with Crippen molar-refractivity contribution < 1.29 is 42.9 Å². The van der Waals surface area contributed by atoms with E-state index in [1.54, 1.807) is 0 Å². The summed E-state index contributed by atoms with van der Waals surface area (Å²) in [6, 6.07) is 9.84. The van der Waals surface area contributed by atoms with Gasteiger partial charge in [-0.05, 0) is 24.8 Å². The summed E-state index contributed by atoms with van der Waals surface area (Å²) in [5, 5.41) is 0. The molecular weight excluding hydrogens is 420 g/mol. The summed E-state index contributed by atoms with van der Waals surface area (Å²) in [5.41, 5.74) is 1.14. The molecule has 1 saturated heterocycles. The van der Waals surface area contributed by atoms with E-state index in [1.165, 1.54) is 27.7 Å². The van der Waals surface area contributed by atoms with Crippen LogP contribution in [0, 0.1) is 0 Å². The molecule has 0 saturated carbocycles. The topological polar surface area (TPSA) is 114 Å². The molecule has 176 valence electrons. The first-order valence-corrected chi connectivity index (χ1v) is 10.5. The van der Waals surface area contributed by atoms with Crippen molar-refractivity contribution in [1.29, 1.82) is 0 Å². The molecule has 1 aliphatic heterocycles. The van der Waals surface area contributed by atoms with Crippen LogP contribution in [-0.4, -0.2) is 61.0 Å². The molecule has 0 amide bonds. The molecule has 1 aromatic rings. The minimum Gasteiger partial charge on any atom is -0.463 e. The van der Waals surface area contributed by atoms with Gasteiger partial charge in [0.15, 0.2) is 18.3 Å². The van der Waals surface area contributed by atoms with E-state index in [2.05, 4.69) is 0 Å². The lowest BCUT2D eigenvalue weighted by Gasteiger charge is -2.44. The summed E-state index contributed by atoms with van der Waals surface area (Å²) in [4.78, 5) is 46.7. The van der Waals surface area contributed by atoms with E-state index < -0.39 is 54.4 Å². The Morgan fingerprint density at radius 1 is 0.750 bits per heavy atom. The Morgan fingerprint density at radius 3 is 1.81 bits per heavy atom. The van der Waals surface area contributed by atoms with Crippen LogP contribution >= 0.6 is 0 Å². The second-order valence-corrected chi connectivity index (χ2v) is 7.62. The number of hydrogen-bond donors (Lipinski definition) is 0. The van der Waals surface area contributed by atoms with Gasteiger partial charge in [0.1, 0.15) is 12.7 Å². The fraction of sp³-hybridized carbons (Fsp3) is 0.565. The molecule has 5 atom stereocenters. The van der Waals surface area contributed by atoms with Gasteiger partial charge >= 0.3 is 23.9 Å². The third-order valence-corrected chi connectivity index (χ3v) is 4.88. The molecule has 1 aliphatic rings. The van der Waals surface area contributed by atoms with Crippen molar-refractivity contribution in [1.82, 2.24) is 0 Å². The highest BCUT2D eigenvalue weighted by Crippen LogP contribution is 2.31. The van der Waals surface area contributed by atoms with E-state index in [4.69, 9.17) is 23.7 Å². The van der Waals surface area contributed by atoms with Crippen molar-refractivity contribution >= 4 is 23.9 Å². The normalized spacial score (nSPS) is 24.8. The second kappa shape index (κ2) is 12.2. The van der Waals surface area contributed by atoms with Gasteiger partial charge in [-0.25, -0.2) is 0 Å². The molecule has 0 aliphatic carbocycles. The zero-order valence-corrected chi connectivity index (χ0v) is 18.8. The van der Waals surface area contributed by atoms with Crippen LogP contribution in [-0.2, 0) is 49.3 Å².